The molecular formula is C24H42IN5O2. The standard InChI is InChI=1S/C24H41N5O2.HI/c1-5-25-24(27-17-20(2)18-31-19-21-11-7-6-8-12-21)26-14-10-16-29-15-9-13-22(29)23(30)28(3)4;/h6-8,11-12,20,22H,5,9-10,13-19H2,1-4H3,(H2,25,26,27);1H. The second-order valence-electron chi connectivity index (χ2n) is 8.53. The molecule has 1 aliphatic rings. The minimum atomic E-state index is 0. The number of carbonyl (C=O) groups is 1. The number of hydrogen-bond donors (Lipinski definition) is 2. The number of ether oxygens (including phenoxy) is 1. The van der Waals surface area contributed by atoms with Gasteiger partial charge in [-0.3, -0.25) is 14.7 Å². The number of halogens is 1. The lowest BCUT2D eigenvalue weighted by Gasteiger charge is -2.26. The molecule has 1 aromatic carbocycles. The van der Waals surface area contributed by atoms with E-state index < -0.39 is 0 Å². The van der Waals surface area contributed by atoms with Crippen LogP contribution in [0.3, 0.4) is 0 Å². The van der Waals surface area contributed by atoms with Crippen molar-refractivity contribution in [1.82, 2.24) is 20.4 Å². The molecule has 1 fully saturated rings. The first kappa shape index (κ1) is 28.6. The van der Waals surface area contributed by atoms with Crippen LogP contribution in [0.4, 0.5) is 0 Å². The number of guanidine groups is 1. The summed E-state index contributed by atoms with van der Waals surface area (Å²) < 4.78 is 5.83. The maximum atomic E-state index is 12.3. The molecule has 1 amide bonds. The fourth-order valence-electron chi connectivity index (χ4n) is 3.75. The molecule has 0 aromatic heterocycles. The molecule has 1 aromatic rings. The van der Waals surface area contributed by atoms with Gasteiger partial charge in [-0.05, 0) is 44.2 Å². The normalized spacial score (nSPS) is 17.5. The number of carbonyl (C=O) groups excluding carboxylic acids is 1. The number of nitrogens with zero attached hydrogens (tertiary/aromatic N) is 3. The summed E-state index contributed by atoms with van der Waals surface area (Å²) in [7, 11) is 3.68. The van der Waals surface area contributed by atoms with Crippen molar-refractivity contribution in [2.75, 3.05) is 53.4 Å². The summed E-state index contributed by atoms with van der Waals surface area (Å²) in [5.41, 5.74) is 1.20. The van der Waals surface area contributed by atoms with Crippen molar-refractivity contribution >= 4 is 35.8 Å². The number of rotatable bonds is 12. The fourth-order valence-corrected chi connectivity index (χ4v) is 3.75. The molecule has 7 nitrogen and oxygen atoms in total. The Morgan fingerprint density at radius 2 is 2.03 bits per heavy atom. The maximum absolute atomic E-state index is 12.3. The van der Waals surface area contributed by atoms with E-state index in [0.29, 0.717) is 19.1 Å². The van der Waals surface area contributed by atoms with Gasteiger partial charge < -0.3 is 20.3 Å². The van der Waals surface area contributed by atoms with Crippen molar-refractivity contribution in [2.45, 2.75) is 45.8 Å². The Hall–Kier alpha value is -1.39. The summed E-state index contributed by atoms with van der Waals surface area (Å²) in [6.45, 7) is 9.89. The van der Waals surface area contributed by atoms with Crippen molar-refractivity contribution < 1.29 is 9.53 Å². The topological polar surface area (TPSA) is 69.2 Å². The fraction of sp³-hybridized carbons (Fsp3) is 0.667. The molecule has 1 heterocycles. The van der Waals surface area contributed by atoms with E-state index in [2.05, 4.69) is 41.5 Å². The monoisotopic (exact) mass is 559 g/mol. The van der Waals surface area contributed by atoms with Crippen LogP contribution in [0.15, 0.2) is 35.3 Å². The van der Waals surface area contributed by atoms with Gasteiger partial charge in [0.05, 0.1) is 19.3 Å². The molecule has 32 heavy (non-hydrogen) atoms. The zero-order valence-electron chi connectivity index (χ0n) is 20.2. The van der Waals surface area contributed by atoms with Crippen molar-refractivity contribution in [3.63, 3.8) is 0 Å². The molecular weight excluding hydrogens is 517 g/mol. The Labute approximate surface area is 211 Å². The second kappa shape index (κ2) is 16.3. The summed E-state index contributed by atoms with van der Waals surface area (Å²) in [6, 6.07) is 10.3. The highest BCUT2D eigenvalue weighted by Crippen LogP contribution is 2.18. The van der Waals surface area contributed by atoms with E-state index >= 15 is 0 Å². The van der Waals surface area contributed by atoms with Crippen molar-refractivity contribution in [1.29, 1.82) is 0 Å². The lowest BCUT2D eigenvalue weighted by molar-refractivity contribution is -0.133. The number of likely N-dealkylation sites (N-methyl/N-ethyl adjacent to an activating group) is 1. The molecule has 0 radical (unpaired) electrons. The summed E-state index contributed by atoms with van der Waals surface area (Å²) in [5.74, 6) is 1.42. The average Bonchev–Trinajstić information content (AvgIpc) is 3.23. The first-order valence-corrected chi connectivity index (χ1v) is 11.6. The highest BCUT2D eigenvalue weighted by Gasteiger charge is 2.30. The van der Waals surface area contributed by atoms with Crippen LogP contribution >= 0.6 is 24.0 Å². The summed E-state index contributed by atoms with van der Waals surface area (Å²) in [5, 5.41) is 6.74. The van der Waals surface area contributed by atoms with Gasteiger partial charge in [0, 0.05) is 40.3 Å². The summed E-state index contributed by atoms with van der Waals surface area (Å²) >= 11 is 0. The van der Waals surface area contributed by atoms with Gasteiger partial charge in [-0.2, -0.15) is 0 Å². The zero-order valence-corrected chi connectivity index (χ0v) is 22.5. The predicted molar refractivity (Wildman–Crippen MR) is 143 cm³/mol. The van der Waals surface area contributed by atoms with Gasteiger partial charge in [0.25, 0.3) is 0 Å². The Kier molecular flexibility index (Phi) is 14.6. The molecule has 8 heteroatoms. The molecule has 2 rings (SSSR count). The van der Waals surface area contributed by atoms with Crippen molar-refractivity contribution in [2.24, 2.45) is 10.9 Å². The average molecular weight is 560 g/mol. The third-order valence-electron chi connectivity index (χ3n) is 5.42. The minimum absolute atomic E-state index is 0. The molecule has 2 unspecified atom stereocenters. The van der Waals surface area contributed by atoms with E-state index in [-0.39, 0.29) is 35.9 Å². The molecule has 1 saturated heterocycles. The number of likely N-dealkylation sites (tertiary alicyclic amines) is 1. The van der Waals surface area contributed by atoms with E-state index in [0.717, 1.165) is 57.9 Å². The minimum Gasteiger partial charge on any atom is -0.376 e. The molecule has 0 bridgehead atoms. The van der Waals surface area contributed by atoms with Gasteiger partial charge in [-0.15, -0.1) is 24.0 Å². The van der Waals surface area contributed by atoms with E-state index in [1.165, 1.54) is 5.56 Å². The largest absolute Gasteiger partial charge is 0.376 e. The van der Waals surface area contributed by atoms with Crippen LogP contribution in [0.5, 0.6) is 0 Å². The molecule has 2 atom stereocenters. The van der Waals surface area contributed by atoms with Crippen LogP contribution in [-0.4, -0.2) is 81.1 Å². The van der Waals surface area contributed by atoms with Gasteiger partial charge in [-0.25, -0.2) is 0 Å². The zero-order chi connectivity index (χ0) is 22.5. The quantitative estimate of drug-likeness (QED) is 0.179. The highest BCUT2D eigenvalue weighted by atomic mass is 127. The van der Waals surface area contributed by atoms with Crippen LogP contribution in [0.1, 0.15) is 38.7 Å². The van der Waals surface area contributed by atoms with Crippen LogP contribution in [0, 0.1) is 5.92 Å². The number of amides is 1. The van der Waals surface area contributed by atoms with Gasteiger partial charge >= 0.3 is 0 Å². The summed E-state index contributed by atoms with van der Waals surface area (Å²) in [4.78, 5) is 21.1. The van der Waals surface area contributed by atoms with Crippen LogP contribution in [0.2, 0.25) is 0 Å². The van der Waals surface area contributed by atoms with Crippen molar-refractivity contribution in [3.05, 3.63) is 35.9 Å². The van der Waals surface area contributed by atoms with E-state index in [1.807, 2.05) is 32.3 Å². The van der Waals surface area contributed by atoms with Gasteiger partial charge in [0.2, 0.25) is 5.91 Å². The highest BCUT2D eigenvalue weighted by molar-refractivity contribution is 14.0. The van der Waals surface area contributed by atoms with Gasteiger partial charge in [0.1, 0.15) is 0 Å². The van der Waals surface area contributed by atoms with Crippen LogP contribution in [-0.2, 0) is 16.1 Å². The first-order valence-electron chi connectivity index (χ1n) is 11.6. The Morgan fingerprint density at radius 3 is 2.72 bits per heavy atom. The maximum Gasteiger partial charge on any atom is 0.239 e. The first-order chi connectivity index (χ1) is 15.0. The van der Waals surface area contributed by atoms with Gasteiger partial charge in [-0.1, -0.05) is 37.3 Å². The Balaban J connectivity index is 0.00000512. The number of benzene rings is 1. The lowest BCUT2D eigenvalue weighted by Crippen LogP contribution is -2.44. The number of hydrogen-bond acceptors (Lipinski definition) is 4. The molecule has 0 spiro atoms. The Morgan fingerprint density at radius 1 is 1.28 bits per heavy atom. The molecule has 2 N–H and O–H groups in total. The Bertz CT molecular complexity index is 672. The number of aliphatic imine (C=N–C) groups is 1. The van der Waals surface area contributed by atoms with E-state index in [4.69, 9.17) is 9.73 Å². The van der Waals surface area contributed by atoms with Crippen LogP contribution in [0.25, 0.3) is 0 Å². The smallest absolute Gasteiger partial charge is 0.239 e. The molecule has 182 valence electrons. The molecule has 1 aliphatic heterocycles. The third-order valence-corrected chi connectivity index (χ3v) is 5.42. The SMILES string of the molecule is CCNC(=NCC(C)COCc1ccccc1)NCCCN1CCCC1C(=O)N(C)C.I. The lowest BCUT2D eigenvalue weighted by atomic mass is 10.2. The third kappa shape index (κ3) is 10.5. The predicted octanol–water partition coefficient (Wildman–Crippen LogP) is 2.96. The van der Waals surface area contributed by atoms with Crippen molar-refractivity contribution in [3.8, 4) is 0 Å². The summed E-state index contributed by atoms with van der Waals surface area (Å²) in [6.07, 6.45) is 3.06. The second-order valence-corrected chi connectivity index (χ2v) is 8.53. The van der Waals surface area contributed by atoms with Gasteiger partial charge in [0.15, 0.2) is 5.96 Å². The molecule has 0 saturated carbocycles. The van der Waals surface area contributed by atoms with E-state index in [9.17, 15) is 4.79 Å². The van der Waals surface area contributed by atoms with Crippen LogP contribution < -0.4 is 10.6 Å². The molecule has 0 aliphatic carbocycles. The van der Waals surface area contributed by atoms with E-state index in [1.54, 1.807) is 4.90 Å². The number of nitrogens with one attached hydrogen (secondary N) is 2.